The van der Waals surface area contributed by atoms with Gasteiger partial charge in [-0.2, -0.15) is 5.10 Å². The van der Waals surface area contributed by atoms with Crippen molar-refractivity contribution in [2.45, 2.75) is 6.92 Å². The van der Waals surface area contributed by atoms with Gasteiger partial charge >= 0.3 is 0 Å². The summed E-state index contributed by atoms with van der Waals surface area (Å²) in [5.74, 6) is -0.956. The molecule has 0 unspecified atom stereocenters. The van der Waals surface area contributed by atoms with Crippen LogP contribution in [0.1, 0.15) is 16.1 Å². The maximum Gasteiger partial charge on any atom is 0.273 e. The second-order valence-corrected chi connectivity index (χ2v) is 5.49. The summed E-state index contributed by atoms with van der Waals surface area (Å²) >= 11 is 6.11. The summed E-state index contributed by atoms with van der Waals surface area (Å²) in [5, 5.41) is 9.77. The Hall–Kier alpha value is -2.66. The third-order valence-corrected chi connectivity index (χ3v) is 3.67. The number of benzene rings is 2. The first kappa shape index (κ1) is 15.2. The van der Waals surface area contributed by atoms with E-state index in [0.29, 0.717) is 16.3 Å². The van der Waals surface area contributed by atoms with Crippen LogP contribution in [-0.4, -0.2) is 16.1 Å². The Bertz CT molecular complexity index is 876. The van der Waals surface area contributed by atoms with Crippen LogP contribution in [-0.2, 0) is 0 Å². The number of anilines is 1. The lowest BCUT2D eigenvalue weighted by Gasteiger charge is -2.05. The van der Waals surface area contributed by atoms with Gasteiger partial charge in [-0.3, -0.25) is 9.89 Å². The number of aromatic amines is 1. The summed E-state index contributed by atoms with van der Waals surface area (Å²) in [5.41, 5.74) is 2.38. The molecule has 3 rings (SSSR count). The smallest absolute Gasteiger partial charge is 0.273 e. The Morgan fingerprint density at radius 1 is 1.22 bits per heavy atom. The first-order chi connectivity index (χ1) is 11.0. The molecule has 1 aromatic heterocycles. The number of nitrogens with one attached hydrogen (secondary N) is 2. The van der Waals surface area contributed by atoms with E-state index in [1.165, 1.54) is 12.1 Å². The van der Waals surface area contributed by atoms with E-state index >= 15 is 0 Å². The van der Waals surface area contributed by atoms with Crippen molar-refractivity contribution in [2.24, 2.45) is 0 Å². The minimum Gasteiger partial charge on any atom is -0.318 e. The van der Waals surface area contributed by atoms with E-state index in [1.807, 2.05) is 12.1 Å². The van der Waals surface area contributed by atoms with Gasteiger partial charge in [0.25, 0.3) is 5.91 Å². The molecule has 0 aliphatic heterocycles. The van der Waals surface area contributed by atoms with Crippen molar-refractivity contribution < 1.29 is 9.18 Å². The topological polar surface area (TPSA) is 57.8 Å². The molecule has 4 nitrogen and oxygen atoms in total. The zero-order valence-corrected chi connectivity index (χ0v) is 13.0. The molecule has 0 aliphatic carbocycles. The monoisotopic (exact) mass is 329 g/mol. The fraction of sp³-hybridized carbons (Fsp3) is 0.0588. The summed E-state index contributed by atoms with van der Waals surface area (Å²) in [7, 11) is 0. The van der Waals surface area contributed by atoms with E-state index in [0.717, 1.165) is 5.56 Å². The first-order valence-corrected chi connectivity index (χ1v) is 7.30. The summed E-state index contributed by atoms with van der Waals surface area (Å²) in [6.07, 6.45) is 0. The largest absolute Gasteiger partial charge is 0.318 e. The molecular formula is C17H13ClFN3O. The number of hydrogen-bond donors (Lipinski definition) is 2. The number of rotatable bonds is 3. The molecule has 2 N–H and O–H groups in total. The van der Waals surface area contributed by atoms with Gasteiger partial charge in [0, 0.05) is 5.56 Å². The standard InChI is InChI=1S/C17H13ClFN3O/c1-10-6-7-14(13(19)8-10)20-17(23)16-9-15(21-22-16)11-4-2-3-5-12(11)18/h2-9H,1H3,(H,20,23)(H,21,22). The fourth-order valence-corrected chi connectivity index (χ4v) is 2.39. The van der Waals surface area contributed by atoms with Crippen LogP contribution in [0.2, 0.25) is 5.02 Å². The zero-order chi connectivity index (χ0) is 16.4. The number of hydrogen-bond acceptors (Lipinski definition) is 2. The van der Waals surface area contributed by atoms with Crippen molar-refractivity contribution >= 4 is 23.2 Å². The highest BCUT2D eigenvalue weighted by Crippen LogP contribution is 2.26. The molecule has 0 radical (unpaired) electrons. The van der Waals surface area contributed by atoms with E-state index in [2.05, 4.69) is 15.5 Å². The number of H-pyrrole nitrogens is 1. The minimum atomic E-state index is -0.482. The lowest BCUT2D eigenvalue weighted by molar-refractivity contribution is 0.102. The van der Waals surface area contributed by atoms with Crippen molar-refractivity contribution in [3.63, 3.8) is 0 Å². The number of aromatic nitrogens is 2. The lowest BCUT2D eigenvalue weighted by Crippen LogP contribution is -2.13. The number of amides is 1. The van der Waals surface area contributed by atoms with Crippen LogP contribution in [0.3, 0.4) is 0 Å². The molecule has 0 spiro atoms. The van der Waals surface area contributed by atoms with Gasteiger partial charge < -0.3 is 5.32 Å². The number of aryl methyl sites for hydroxylation is 1. The summed E-state index contributed by atoms with van der Waals surface area (Å²) < 4.78 is 13.8. The second kappa shape index (κ2) is 6.22. The molecule has 6 heteroatoms. The Morgan fingerprint density at radius 3 is 2.74 bits per heavy atom. The van der Waals surface area contributed by atoms with Crippen LogP contribution in [0, 0.1) is 12.7 Å². The molecule has 0 saturated heterocycles. The second-order valence-electron chi connectivity index (χ2n) is 5.08. The highest BCUT2D eigenvalue weighted by atomic mass is 35.5. The molecule has 0 aliphatic rings. The Morgan fingerprint density at radius 2 is 2.00 bits per heavy atom. The Labute approximate surface area is 137 Å². The highest BCUT2D eigenvalue weighted by molar-refractivity contribution is 6.33. The Balaban J connectivity index is 1.83. The molecule has 23 heavy (non-hydrogen) atoms. The van der Waals surface area contributed by atoms with Crippen molar-refractivity contribution in [2.75, 3.05) is 5.32 Å². The van der Waals surface area contributed by atoms with E-state index < -0.39 is 11.7 Å². The van der Waals surface area contributed by atoms with Crippen LogP contribution in [0.4, 0.5) is 10.1 Å². The van der Waals surface area contributed by atoms with Gasteiger partial charge in [-0.25, -0.2) is 4.39 Å². The van der Waals surface area contributed by atoms with Crippen LogP contribution in [0.15, 0.2) is 48.5 Å². The fourth-order valence-electron chi connectivity index (χ4n) is 2.16. The van der Waals surface area contributed by atoms with Gasteiger partial charge in [-0.05, 0) is 36.8 Å². The van der Waals surface area contributed by atoms with E-state index in [9.17, 15) is 9.18 Å². The maximum absolute atomic E-state index is 13.8. The van der Waals surface area contributed by atoms with Gasteiger partial charge in [-0.15, -0.1) is 0 Å². The molecule has 0 fully saturated rings. The number of halogens is 2. The highest BCUT2D eigenvalue weighted by Gasteiger charge is 2.14. The quantitative estimate of drug-likeness (QED) is 0.746. The first-order valence-electron chi connectivity index (χ1n) is 6.92. The minimum absolute atomic E-state index is 0.120. The van der Waals surface area contributed by atoms with Crippen LogP contribution in [0.5, 0.6) is 0 Å². The number of nitrogens with zero attached hydrogens (tertiary/aromatic N) is 1. The summed E-state index contributed by atoms with van der Waals surface area (Å²) in [4.78, 5) is 12.2. The van der Waals surface area contributed by atoms with Gasteiger partial charge in [-0.1, -0.05) is 35.9 Å². The van der Waals surface area contributed by atoms with Gasteiger partial charge in [0.2, 0.25) is 0 Å². The van der Waals surface area contributed by atoms with Crippen molar-refractivity contribution in [3.05, 3.63) is 70.6 Å². The average molecular weight is 330 g/mol. The van der Waals surface area contributed by atoms with Crippen molar-refractivity contribution in [3.8, 4) is 11.3 Å². The predicted molar refractivity (Wildman–Crippen MR) is 88.1 cm³/mol. The molecular weight excluding hydrogens is 317 g/mol. The van der Waals surface area contributed by atoms with Crippen LogP contribution in [0.25, 0.3) is 11.3 Å². The molecule has 1 heterocycles. The number of carbonyl (C=O) groups excluding carboxylic acids is 1. The maximum atomic E-state index is 13.8. The Kier molecular flexibility index (Phi) is 4.12. The van der Waals surface area contributed by atoms with Crippen LogP contribution >= 0.6 is 11.6 Å². The average Bonchev–Trinajstić information content (AvgIpc) is 3.00. The zero-order valence-electron chi connectivity index (χ0n) is 12.2. The molecule has 1 amide bonds. The van der Waals surface area contributed by atoms with Crippen LogP contribution < -0.4 is 5.32 Å². The van der Waals surface area contributed by atoms with Gasteiger partial charge in [0.1, 0.15) is 11.5 Å². The SMILES string of the molecule is Cc1ccc(NC(=O)c2cc(-c3ccccc3Cl)n[nH]2)c(F)c1. The van der Waals surface area contributed by atoms with E-state index in [-0.39, 0.29) is 11.4 Å². The predicted octanol–water partition coefficient (Wildman–Crippen LogP) is 4.43. The van der Waals surface area contributed by atoms with E-state index in [1.54, 1.807) is 31.2 Å². The summed E-state index contributed by atoms with van der Waals surface area (Å²) in [6.45, 7) is 1.78. The van der Waals surface area contributed by atoms with Gasteiger partial charge in [0.15, 0.2) is 0 Å². The third kappa shape index (κ3) is 3.24. The van der Waals surface area contributed by atoms with Gasteiger partial charge in [0.05, 0.1) is 16.4 Å². The molecule has 0 atom stereocenters. The molecule has 0 bridgehead atoms. The third-order valence-electron chi connectivity index (χ3n) is 3.35. The molecule has 2 aromatic carbocycles. The summed E-state index contributed by atoms with van der Waals surface area (Å²) in [6, 6.07) is 13.4. The normalized spacial score (nSPS) is 10.6. The molecule has 116 valence electrons. The lowest BCUT2D eigenvalue weighted by atomic mass is 10.1. The molecule has 0 saturated carbocycles. The van der Waals surface area contributed by atoms with Crippen molar-refractivity contribution in [1.82, 2.24) is 10.2 Å². The number of carbonyl (C=O) groups is 1. The van der Waals surface area contributed by atoms with Crippen molar-refractivity contribution in [1.29, 1.82) is 0 Å². The molecule has 3 aromatic rings. The van der Waals surface area contributed by atoms with E-state index in [4.69, 9.17) is 11.6 Å².